The van der Waals surface area contributed by atoms with Gasteiger partial charge in [0.1, 0.15) is 5.75 Å². The number of hydrogen-bond donors (Lipinski definition) is 0. The highest BCUT2D eigenvalue weighted by Crippen LogP contribution is 2.15. The molecule has 0 saturated heterocycles. The monoisotopic (exact) mass is 250 g/mol. The highest BCUT2D eigenvalue weighted by atomic mass is 32.2. The number of rotatable bonds is 5. The maximum absolute atomic E-state index is 5.63. The molecule has 5 nitrogen and oxygen atoms in total. The molecule has 0 atom stereocenters. The number of aryl methyl sites for hydroxylation is 2. The number of nitrogens with zero attached hydrogens (tertiary/aromatic N) is 4. The minimum atomic E-state index is 0.640. The van der Waals surface area contributed by atoms with Crippen LogP contribution in [0.4, 0.5) is 0 Å². The number of thioether (sulfide) groups is 1. The Morgan fingerprint density at radius 3 is 3.00 bits per heavy atom. The summed E-state index contributed by atoms with van der Waals surface area (Å²) >= 11 is 1.58. The molecule has 0 radical (unpaired) electrons. The van der Waals surface area contributed by atoms with Gasteiger partial charge in [0.2, 0.25) is 5.16 Å². The molecule has 0 spiro atoms. The second-order valence-corrected chi connectivity index (χ2v) is 4.66. The molecule has 0 aliphatic heterocycles. The summed E-state index contributed by atoms with van der Waals surface area (Å²) < 4.78 is 7.28. The Bertz CT molecular complexity index is 486. The molecule has 2 aromatic rings. The Balaban J connectivity index is 1.75. The van der Waals surface area contributed by atoms with Gasteiger partial charge in [-0.3, -0.25) is 0 Å². The molecule has 0 aliphatic rings. The van der Waals surface area contributed by atoms with E-state index < -0.39 is 0 Å². The van der Waals surface area contributed by atoms with Crippen LogP contribution in [0.3, 0.4) is 0 Å². The van der Waals surface area contributed by atoms with Gasteiger partial charge in [-0.15, -0.1) is 5.10 Å². The summed E-state index contributed by atoms with van der Waals surface area (Å²) in [5.41, 5.74) is 1.20. The lowest BCUT2D eigenvalue weighted by Crippen LogP contribution is -2.02. The van der Waals surface area contributed by atoms with Crippen molar-refractivity contribution in [3.63, 3.8) is 0 Å². The first kappa shape index (κ1) is 11.9. The molecule has 0 amide bonds. The number of tetrazole rings is 1. The first-order valence-corrected chi connectivity index (χ1v) is 6.29. The smallest absolute Gasteiger partial charge is 0.209 e. The SMILES string of the molecule is Cc1cccc(OCCSc2nnnn2C)c1. The van der Waals surface area contributed by atoms with Gasteiger partial charge in [-0.1, -0.05) is 23.9 Å². The maximum atomic E-state index is 5.63. The fourth-order valence-electron chi connectivity index (χ4n) is 1.34. The number of aromatic nitrogens is 4. The molecule has 1 aromatic carbocycles. The van der Waals surface area contributed by atoms with E-state index in [9.17, 15) is 0 Å². The largest absolute Gasteiger partial charge is 0.493 e. The zero-order chi connectivity index (χ0) is 12.1. The second kappa shape index (κ2) is 5.67. The van der Waals surface area contributed by atoms with E-state index in [-0.39, 0.29) is 0 Å². The van der Waals surface area contributed by atoms with Crippen LogP contribution >= 0.6 is 11.8 Å². The Hall–Kier alpha value is -1.56. The van der Waals surface area contributed by atoms with E-state index in [1.54, 1.807) is 16.4 Å². The molecule has 0 fully saturated rings. The summed E-state index contributed by atoms with van der Waals surface area (Å²) in [5, 5.41) is 12.0. The summed E-state index contributed by atoms with van der Waals surface area (Å²) in [6.07, 6.45) is 0. The van der Waals surface area contributed by atoms with Gasteiger partial charge in [0.05, 0.1) is 6.61 Å². The molecular weight excluding hydrogens is 236 g/mol. The van der Waals surface area contributed by atoms with E-state index in [1.165, 1.54) is 5.56 Å². The predicted octanol–water partition coefficient (Wildman–Crippen LogP) is 1.69. The lowest BCUT2D eigenvalue weighted by molar-refractivity contribution is 0.343. The molecule has 1 aromatic heterocycles. The van der Waals surface area contributed by atoms with Gasteiger partial charge in [-0.2, -0.15) is 0 Å². The standard InChI is InChI=1S/C11H14N4OS/c1-9-4-3-5-10(8-9)16-6-7-17-11-12-13-14-15(11)2/h3-5,8H,6-7H2,1-2H3. The fraction of sp³-hybridized carbons (Fsp3) is 0.364. The zero-order valence-electron chi connectivity index (χ0n) is 9.83. The van der Waals surface area contributed by atoms with Crippen LogP contribution in [-0.4, -0.2) is 32.6 Å². The highest BCUT2D eigenvalue weighted by Gasteiger charge is 2.02. The summed E-state index contributed by atoms with van der Waals surface area (Å²) in [6.45, 7) is 2.69. The van der Waals surface area contributed by atoms with E-state index in [2.05, 4.69) is 15.5 Å². The van der Waals surface area contributed by atoms with Crippen LogP contribution in [0.2, 0.25) is 0 Å². The van der Waals surface area contributed by atoms with Gasteiger partial charge in [0.15, 0.2) is 0 Å². The molecule has 0 aliphatic carbocycles. The van der Waals surface area contributed by atoms with Crippen LogP contribution in [0.1, 0.15) is 5.56 Å². The fourth-order valence-corrected chi connectivity index (χ4v) is 2.01. The first-order chi connectivity index (χ1) is 8.25. The van der Waals surface area contributed by atoms with Gasteiger partial charge >= 0.3 is 0 Å². The third-order valence-corrected chi connectivity index (χ3v) is 3.13. The molecular formula is C11H14N4OS. The molecule has 2 rings (SSSR count). The normalized spacial score (nSPS) is 10.5. The van der Waals surface area contributed by atoms with Crippen LogP contribution < -0.4 is 4.74 Å². The van der Waals surface area contributed by atoms with Crippen molar-refractivity contribution in [3.05, 3.63) is 29.8 Å². The van der Waals surface area contributed by atoms with Crippen molar-refractivity contribution in [2.24, 2.45) is 7.05 Å². The third kappa shape index (κ3) is 3.45. The maximum Gasteiger partial charge on any atom is 0.209 e. The highest BCUT2D eigenvalue weighted by molar-refractivity contribution is 7.99. The summed E-state index contributed by atoms with van der Waals surface area (Å²) in [7, 11) is 1.82. The molecule has 0 saturated carbocycles. The third-order valence-electron chi connectivity index (χ3n) is 2.15. The van der Waals surface area contributed by atoms with Gasteiger partial charge in [0, 0.05) is 12.8 Å². The molecule has 1 heterocycles. The van der Waals surface area contributed by atoms with Gasteiger partial charge in [-0.25, -0.2) is 4.68 Å². The zero-order valence-corrected chi connectivity index (χ0v) is 10.6. The topological polar surface area (TPSA) is 52.8 Å². The van der Waals surface area contributed by atoms with E-state index >= 15 is 0 Å². The lowest BCUT2D eigenvalue weighted by atomic mass is 10.2. The Labute approximate surface area is 104 Å². The molecule has 6 heteroatoms. The summed E-state index contributed by atoms with van der Waals surface area (Å²) in [6, 6.07) is 8.02. The second-order valence-electron chi connectivity index (χ2n) is 3.60. The molecule has 90 valence electrons. The van der Waals surface area contributed by atoms with Gasteiger partial charge in [0.25, 0.3) is 0 Å². The number of benzene rings is 1. The van der Waals surface area contributed by atoms with Gasteiger partial charge < -0.3 is 4.74 Å². The van der Waals surface area contributed by atoms with Crippen molar-refractivity contribution < 1.29 is 4.74 Å². The first-order valence-electron chi connectivity index (χ1n) is 5.30. The minimum absolute atomic E-state index is 0.640. The minimum Gasteiger partial charge on any atom is -0.493 e. The Kier molecular flexibility index (Phi) is 3.98. The van der Waals surface area contributed by atoms with Crippen molar-refractivity contribution >= 4 is 11.8 Å². The van der Waals surface area contributed by atoms with Crippen molar-refractivity contribution in [1.29, 1.82) is 0 Å². The van der Waals surface area contributed by atoms with Crippen LogP contribution in [0.25, 0.3) is 0 Å². The average Bonchev–Trinajstić information content (AvgIpc) is 2.71. The lowest BCUT2D eigenvalue weighted by Gasteiger charge is -2.05. The van der Waals surface area contributed by atoms with E-state index in [4.69, 9.17) is 4.74 Å². The average molecular weight is 250 g/mol. The molecule has 17 heavy (non-hydrogen) atoms. The van der Waals surface area contributed by atoms with Crippen LogP contribution in [0, 0.1) is 6.92 Å². The van der Waals surface area contributed by atoms with Crippen molar-refractivity contribution in [3.8, 4) is 5.75 Å². The van der Waals surface area contributed by atoms with Crippen LogP contribution in [-0.2, 0) is 7.05 Å². The number of ether oxygens (including phenoxy) is 1. The predicted molar refractivity (Wildman–Crippen MR) is 66.2 cm³/mol. The number of hydrogen-bond acceptors (Lipinski definition) is 5. The van der Waals surface area contributed by atoms with E-state index in [0.717, 1.165) is 16.7 Å². The quantitative estimate of drug-likeness (QED) is 0.597. The summed E-state index contributed by atoms with van der Waals surface area (Å²) in [5.74, 6) is 1.73. The molecule has 0 unspecified atom stereocenters. The van der Waals surface area contributed by atoms with E-state index in [1.807, 2.05) is 38.2 Å². The van der Waals surface area contributed by atoms with Crippen molar-refractivity contribution in [2.75, 3.05) is 12.4 Å². The molecule has 0 N–H and O–H groups in total. The van der Waals surface area contributed by atoms with E-state index in [0.29, 0.717) is 6.61 Å². The van der Waals surface area contributed by atoms with Crippen molar-refractivity contribution in [2.45, 2.75) is 12.1 Å². The van der Waals surface area contributed by atoms with Crippen LogP contribution in [0.5, 0.6) is 5.75 Å². The Morgan fingerprint density at radius 1 is 1.41 bits per heavy atom. The molecule has 0 bridgehead atoms. The van der Waals surface area contributed by atoms with Gasteiger partial charge in [-0.05, 0) is 35.0 Å². The Morgan fingerprint density at radius 2 is 2.29 bits per heavy atom. The van der Waals surface area contributed by atoms with Crippen molar-refractivity contribution in [1.82, 2.24) is 20.2 Å². The van der Waals surface area contributed by atoms with Crippen LogP contribution in [0.15, 0.2) is 29.4 Å². The summed E-state index contributed by atoms with van der Waals surface area (Å²) in [4.78, 5) is 0.